The smallest absolute Gasteiger partial charge is 0.242 e. The summed E-state index contributed by atoms with van der Waals surface area (Å²) in [6.45, 7) is 2.55. The van der Waals surface area contributed by atoms with Crippen LogP contribution in [0.25, 0.3) is 0 Å². The monoisotopic (exact) mass is 386 g/mol. The van der Waals surface area contributed by atoms with Gasteiger partial charge in [-0.15, -0.1) is 0 Å². The number of fused-ring (bicyclic) bond motifs is 1. The molecule has 7 heteroatoms. The van der Waals surface area contributed by atoms with Crippen molar-refractivity contribution in [2.45, 2.75) is 26.3 Å². The fourth-order valence-corrected chi connectivity index (χ4v) is 3.73. The zero-order valence-corrected chi connectivity index (χ0v) is 16.5. The first-order valence-corrected chi connectivity index (χ1v) is 9.50. The van der Waals surface area contributed by atoms with E-state index < -0.39 is 0 Å². The molecule has 0 N–H and O–H groups in total. The number of rotatable bonds is 7. The molecule has 1 heterocycles. The number of imide groups is 1. The van der Waals surface area contributed by atoms with Gasteiger partial charge in [0, 0.05) is 13.6 Å². The third-order valence-electron chi connectivity index (χ3n) is 5.27. The minimum absolute atomic E-state index is 0.213. The molecule has 0 saturated carbocycles. The first-order valence-electron chi connectivity index (χ1n) is 9.50. The van der Waals surface area contributed by atoms with Crippen molar-refractivity contribution < 1.29 is 23.9 Å². The molecule has 0 spiro atoms. The van der Waals surface area contributed by atoms with E-state index in [0.29, 0.717) is 37.5 Å². The van der Waals surface area contributed by atoms with E-state index in [0.717, 1.165) is 10.5 Å². The van der Waals surface area contributed by atoms with Crippen LogP contribution in [0.2, 0.25) is 0 Å². The topological polar surface area (TPSA) is 76.2 Å². The molecule has 28 heavy (non-hydrogen) atoms. The Labute approximate surface area is 164 Å². The number of nitrogens with zero attached hydrogens (tertiary/aromatic N) is 2. The second-order valence-electron chi connectivity index (χ2n) is 7.09. The minimum atomic E-state index is -0.314. The summed E-state index contributed by atoms with van der Waals surface area (Å²) >= 11 is 0. The van der Waals surface area contributed by atoms with Gasteiger partial charge in [-0.25, -0.2) is 0 Å². The summed E-state index contributed by atoms with van der Waals surface area (Å²) in [6.07, 6.45) is 5.01. The van der Waals surface area contributed by atoms with Gasteiger partial charge < -0.3 is 14.4 Å². The highest BCUT2D eigenvalue weighted by Gasteiger charge is 2.47. The van der Waals surface area contributed by atoms with Crippen molar-refractivity contribution in [2.75, 3.05) is 27.3 Å². The lowest BCUT2D eigenvalue weighted by Gasteiger charge is -2.21. The van der Waals surface area contributed by atoms with E-state index in [1.165, 1.54) is 4.90 Å². The summed E-state index contributed by atoms with van der Waals surface area (Å²) in [6, 6.07) is 5.49. The molecule has 1 fully saturated rings. The number of allylic oxidation sites excluding steroid dienone is 2. The normalized spacial score (nSPS) is 20.9. The van der Waals surface area contributed by atoms with E-state index in [9.17, 15) is 14.4 Å². The first-order chi connectivity index (χ1) is 13.5. The maximum Gasteiger partial charge on any atom is 0.242 e. The average molecular weight is 386 g/mol. The van der Waals surface area contributed by atoms with E-state index >= 15 is 0 Å². The fraction of sp³-hybridized carbons (Fsp3) is 0.476. The lowest BCUT2D eigenvalue weighted by Crippen LogP contribution is -2.41. The van der Waals surface area contributed by atoms with Gasteiger partial charge >= 0.3 is 0 Å². The van der Waals surface area contributed by atoms with E-state index in [4.69, 9.17) is 9.47 Å². The Morgan fingerprint density at radius 2 is 1.79 bits per heavy atom. The van der Waals surface area contributed by atoms with Crippen LogP contribution in [0.5, 0.6) is 11.5 Å². The maximum atomic E-state index is 12.6. The van der Waals surface area contributed by atoms with E-state index in [2.05, 4.69) is 0 Å². The lowest BCUT2D eigenvalue weighted by molar-refractivity contribution is -0.146. The standard InChI is InChI=1S/C21H26N2O5/c1-4-28-17-10-9-14(11-18(17)27-3)12-22(2)19(24)13-23-20(25)15-7-5-6-8-16(15)21(23)26/h5-6,9-11,15-16H,4,7-8,12-13H2,1-3H3/t15-,16-/m0/s1. The van der Waals surface area contributed by atoms with Crippen LogP contribution < -0.4 is 9.47 Å². The Morgan fingerprint density at radius 1 is 1.14 bits per heavy atom. The van der Waals surface area contributed by atoms with Gasteiger partial charge in [-0.05, 0) is 37.5 Å². The summed E-state index contributed by atoms with van der Waals surface area (Å²) in [7, 11) is 3.22. The average Bonchev–Trinajstić information content (AvgIpc) is 2.94. The number of benzene rings is 1. The number of carbonyl (C=O) groups is 3. The number of ether oxygens (including phenoxy) is 2. The van der Waals surface area contributed by atoms with Crippen LogP contribution >= 0.6 is 0 Å². The van der Waals surface area contributed by atoms with Crippen LogP contribution in [0.3, 0.4) is 0 Å². The Kier molecular flexibility index (Phi) is 6.02. The van der Waals surface area contributed by atoms with Crippen molar-refractivity contribution in [3.63, 3.8) is 0 Å². The number of methoxy groups -OCH3 is 1. The van der Waals surface area contributed by atoms with Crippen molar-refractivity contribution in [1.82, 2.24) is 9.80 Å². The molecule has 3 rings (SSSR count). The summed E-state index contributed by atoms with van der Waals surface area (Å²) in [5.41, 5.74) is 0.869. The van der Waals surface area contributed by atoms with Crippen molar-refractivity contribution >= 4 is 17.7 Å². The number of hydrogen-bond donors (Lipinski definition) is 0. The number of hydrogen-bond acceptors (Lipinski definition) is 5. The Balaban J connectivity index is 1.64. The van der Waals surface area contributed by atoms with Crippen LogP contribution in [0.1, 0.15) is 25.3 Å². The molecule has 2 aliphatic rings. The van der Waals surface area contributed by atoms with Crippen molar-refractivity contribution in [3.8, 4) is 11.5 Å². The van der Waals surface area contributed by atoms with E-state index in [1.54, 1.807) is 20.2 Å². The van der Waals surface area contributed by atoms with Crippen LogP contribution in [-0.4, -0.2) is 54.8 Å². The Morgan fingerprint density at radius 3 is 2.36 bits per heavy atom. The summed E-state index contributed by atoms with van der Waals surface area (Å²) in [4.78, 5) is 40.3. The molecule has 0 radical (unpaired) electrons. The van der Waals surface area contributed by atoms with Gasteiger partial charge in [-0.2, -0.15) is 0 Å². The number of carbonyl (C=O) groups excluding carboxylic acids is 3. The highest BCUT2D eigenvalue weighted by molar-refractivity contribution is 6.07. The van der Waals surface area contributed by atoms with Crippen molar-refractivity contribution in [1.29, 1.82) is 0 Å². The van der Waals surface area contributed by atoms with Gasteiger partial charge in [0.05, 0.1) is 25.6 Å². The fourth-order valence-electron chi connectivity index (χ4n) is 3.73. The minimum Gasteiger partial charge on any atom is -0.493 e. The molecule has 0 unspecified atom stereocenters. The van der Waals surface area contributed by atoms with E-state index in [-0.39, 0.29) is 36.1 Å². The molecule has 1 aromatic rings. The predicted molar refractivity (Wildman–Crippen MR) is 103 cm³/mol. The third kappa shape index (κ3) is 3.88. The molecule has 3 amide bonds. The quantitative estimate of drug-likeness (QED) is 0.529. The molecule has 2 atom stereocenters. The zero-order chi connectivity index (χ0) is 20.3. The third-order valence-corrected chi connectivity index (χ3v) is 5.27. The van der Waals surface area contributed by atoms with Crippen molar-refractivity contribution in [3.05, 3.63) is 35.9 Å². The second-order valence-corrected chi connectivity index (χ2v) is 7.09. The summed E-state index contributed by atoms with van der Waals surface area (Å²) in [5.74, 6) is -0.125. The highest BCUT2D eigenvalue weighted by atomic mass is 16.5. The molecule has 7 nitrogen and oxygen atoms in total. The molecule has 150 valence electrons. The molecule has 1 saturated heterocycles. The van der Waals surface area contributed by atoms with Gasteiger partial charge in [-0.3, -0.25) is 19.3 Å². The van der Waals surface area contributed by atoms with Crippen LogP contribution in [0, 0.1) is 11.8 Å². The molecule has 1 aliphatic carbocycles. The Hall–Kier alpha value is -2.83. The molecular formula is C21H26N2O5. The lowest BCUT2D eigenvalue weighted by atomic mass is 9.85. The zero-order valence-electron chi connectivity index (χ0n) is 16.5. The SMILES string of the molecule is CCOc1ccc(CN(C)C(=O)CN2C(=O)[C@H]3CC=CC[C@@H]3C2=O)cc1OC. The van der Waals surface area contributed by atoms with Gasteiger partial charge in [0.2, 0.25) is 17.7 Å². The maximum absolute atomic E-state index is 12.6. The molecule has 0 bridgehead atoms. The number of likely N-dealkylation sites (N-methyl/N-ethyl adjacent to an activating group) is 1. The Bertz CT molecular complexity index is 778. The second kappa shape index (κ2) is 8.46. The van der Waals surface area contributed by atoms with Gasteiger partial charge in [0.1, 0.15) is 6.54 Å². The molecule has 1 aliphatic heterocycles. The summed E-state index contributed by atoms with van der Waals surface area (Å²) < 4.78 is 10.8. The van der Waals surface area contributed by atoms with Crippen LogP contribution in [0.15, 0.2) is 30.4 Å². The van der Waals surface area contributed by atoms with Gasteiger partial charge in [0.25, 0.3) is 0 Å². The highest BCUT2D eigenvalue weighted by Crippen LogP contribution is 2.35. The molecule has 0 aromatic heterocycles. The van der Waals surface area contributed by atoms with Gasteiger partial charge in [0.15, 0.2) is 11.5 Å². The summed E-state index contributed by atoms with van der Waals surface area (Å²) in [5, 5.41) is 0. The molecule has 1 aromatic carbocycles. The predicted octanol–water partition coefficient (Wildman–Crippen LogP) is 2.00. The van der Waals surface area contributed by atoms with Crippen LogP contribution in [0.4, 0.5) is 0 Å². The largest absolute Gasteiger partial charge is 0.493 e. The molecular weight excluding hydrogens is 360 g/mol. The number of amides is 3. The van der Waals surface area contributed by atoms with E-state index in [1.807, 2.05) is 31.2 Å². The van der Waals surface area contributed by atoms with Crippen molar-refractivity contribution in [2.24, 2.45) is 11.8 Å². The van der Waals surface area contributed by atoms with Gasteiger partial charge in [-0.1, -0.05) is 18.2 Å². The first kappa shape index (κ1) is 19.9. The van der Waals surface area contributed by atoms with Crippen LogP contribution in [-0.2, 0) is 20.9 Å². The number of likely N-dealkylation sites (tertiary alicyclic amines) is 1.